The number of fused-ring (bicyclic) bond motifs is 1. The molecule has 0 aliphatic carbocycles. The van der Waals surface area contributed by atoms with Gasteiger partial charge in [0, 0.05) is 25.1 Å². The lowest BCUT2D eigenvalue weighted by Gasteiger charge is -2.21. The van der Waals surface area contributed by atoms with E-state index < -0.39 is 22.0 Å². The second-order valence-corrected chi connectivity index (χ2v) is 8.38. The standard InChI is InChI=1S/C18H23N3O5S/c22-16(21-12-6-8-14(21)18(23)24)10-2-1-5-11-19-17-13-7-3-4-9-15(13)27(25,26)20-17/h3-4,7,9,14H,1-2,5-6,8,10-12H2,(H,19,20)(H,23,24). The molecule has 2 aliphatic rings. The van der Waals surface area contributed by atoms with Crippen LogP contribution in [0.4, 0.5) is 0 Å². The highest BCUT2D eigenvalue weighted by Gasteiger charge is 2.33. The second-order valence-electron chi connectivity index (χ2n) is 6.73. The summed E-state index contributed by atoms with van der Waals surface area (Å²) >= 11 is 0. The zero-order valence-corrected chi connectivity index (χ0v) is 15.7. The number of amidine groups is 1. The van der Waals surface area contributed by atoms with Gasteiger partial charge >= 0.3 is 5.97 Å². The number of amides is 1. The van der Waals surface area contributed by atoms with Crippen LogP contribution in [0.25, 0.3) is 0 Å². The van der Waals surface area contributed by atoms with E-state index in [4.69, 9.17) is 5.11 Å². The monoisotopic (exact) mass is 393 g/mol. The van der Waals surface area contributed by atoms with Crippen molar-refractivity contribution < 1.29 is 23.1 Å². The topological polar surface area (TPSA) is 116 Å². The van der Waals surface area contributed by atoms with Crippen molar-refractivity contribution in [3.05, 3.63) is 29.8 Å². The molecule has 0 bridgehead atoms. The van der Waals surface area contributed by atoms with Gasteiger partial charge in [-0.2, -0.15) is 0 Å². The molecule has 1 fully saturated rings. The Morgan fingerprint density at radius 3 is 2.78 bits per heavy atom. The normalized spacial score (nSPS) is 21.9. The van der Waals surface area contributed by atoms with E-state index in [9.17, 15) is 18.0 Å². The summed E-state index contributed by atoms with van der Waals surface area (Å²) in [6.07, 6.45) is 3.74. The van der Waals surface area contributed by atoms with Crippen molar-refractivity contribution in [3.63, 3.8) is 0 Å². The Hall–Kier alpha value is -2.42. The zero-order valence-electron chi connectivity index (χ0n) is 14.9. The third-order valence-electron chi connectivity index (χ3n) is 4.84. The number of carbonyl (C=O) groups excluding carboxylic acids is 1. The number of carboxylic acid groups (broad SMARTS) is 1. The van der Waals surface area contributed by atoms with Crippen molar-refractivity contribution in [1.29, 1.82) is 0 Å². The minimum absolute atomic E-state index is 0.108. The predicted octanol–water partition coefficient (Wildman–Crippen LogP) is 1.36. The molecule has 1 unspecified atom stereocenters. The number of aliphatic imine (C=N–C) groups is 1. The Balaban J connectivity index is 1.43. The Bertz CT molecular complexity index is 866. The number of nitrogens with one attached hydrogen (secondary N) is 1. The molecule has 1 amide bonds. The number of benzene rings is 1. The van der Waals surface area contributed by atoms with Crippen molar-refractivity contribution >= 4 is 27.7 Å². The number of rotatable bonds is 7. The lowest BCUT2D eigenvalue weighted by molar-refractivity contribution is -0.148. The average molecular weight is 393 g/mol. The van der Waals surface area contributed by atoms with Crippen molar-refractivity contribution in [2.75, 3.05) is 13.1 Å². The van der Waals surface area contributed by atoms with E-state index in [1.807, 2.05) is 0 Å². The first kappa shape index (κ1) is 19.3. The van der Waals surface area contributed by atoms with Crippen LogP contribution < -0.4 is 4.72 Å². The smallest absolute Gasteiger partial charge is 0.326 e. The van der Waals surface area contributed by atoms with Crippen LogP contribution in [0.5, 0.6) is 0 Å². The van der Waals surface area contributed by atoms with E-state index in [1.54, 1.807) is 24.3 Å². The van der Waals surface area contributed by atoms with Gasteiger partial charge in [-0.25, -0.2) is 13.2 Å². The highest BCUT2D eigenvalue weighted by molar-refractivity contribution is 7.90. The molecule has 1 aromatic carbocycles. The van der Waals surface area contributed by atoms with Gasteiger partial charge in [0.2, 0.25) is 5.91 Å². The van der Waals surface area contributed by atoms with Gasteiger partial charge in [0.05, 0.1) is 4.90 Å². The lowest BCUT2D eigenvalue weighted by Crippen LogP contribution is -2.40. The maximum absolute atomic E-state index is 12.2. The number of sulfonamides is 1. The summed E-state index contributed by atoms with van der Waals surface area (Å²) in [5.74, 6) is -0.678. The molecular formula is C18H23N3O5S. The fourth-order valence-electron chi connectivity index (χ4n) is 3.47. The number of carboxylic acids is 1. The van der Waals surface area contributed by atoms with Gasteiger partial charge in [0.1, 0.15) is 11.9 Å². The third-order valence-corrected chi connectivity index (χ3v) is 6.24. The molecule has 3 rings (SSSR count). The van der Waals surface area contributed by atoms with E-state index in [0.717, 1.165) is 19.3 Å². The SMILES string of the molecule is O=C(O)C1CCCN1C(=O)CCCCCN=C1NS(=O)(=O)c2ccccc21. The average Bonchev–Trinajstić information content (AvgIpc) is 3.22. The molecule has 2 N–H and O–H groups in total. The number of hydrogen-bond acceptors (Lipinski definition) is 5. The Labute approximate surface area is 158 Å². The van der Waals surface area contributed by atoms with E-state index in [0.29, 0.717) is 43.8 Å². The highest BCUT2D eigenvalue weighted by atomic mass is 32.2. The fourth-order valence-corrected chi connectivity index (χ4v) is 4.72. The summed E-state index contributed by atoms with van der Waals surface area (Å²) in [5.41, 5.74) is 0.585. The van der Waals surface area contributed by atoms with Crippen molar-refractivity contribution in [2.45, 2.75) is 49.5 Å². The van der Waals surface area contributed by atoms with Crippen LogP contribution in [0.3, 0.4) is 0 Å². The van der Waals surface area contributed by atoms with E-state index in [1.165, 1.54) is 4.90 Å². The number of likely N-dealkylation sites (tertiary alicyclic amines) is 1. The summed E-state index contributed by atoms with van der Waals surface area (Å²) in [4.78, 5) is 29.4. The summed E-state index contributed by atoms with van der Waals surface area (Å²) in [6, 6.07) is 6.03. The van der Waals surface area contributed by atoms with Gasteiger partial charge in [-0.05, 0) is 37.8 Å². The Morgan fingerprint density at radius 1 is 1.22 bits per heavy atom. The van der Waals surface area contributed by atoms with Gasteiger partial charge < -0.3 is 10.0 Å². The Kier molecular flexibility index (Phi) is 5.79. The van der Waals surface area contributed by atoms with Crippen LogP contribution in [-0.4, -0.2) is 55.3 Å². The minimum atomic E-state index is -3.51. The highest BCUT2D eigenvalue weighted by Crippen LogP contribution is 2.22. The molecular weight excluding hydrogens is 370 g/mol. The number of unbranched alkanes of at least 4 members (excludes halogenated alkanes) is 2. The van der Waals surface area contributed by atoms with Crippen LogP contribution in [-0.2, 0) is 19.6 Å². The van der Waals surface area contributed by atoms with Gasteiger partial charge in [-0.3, -0.25) is 14.5 Å². The first-order valence-electron chi connectivity index (χ1n) is 9.09. The van der Waals surface area contributed by atoms with Gasteiger partial charge in [-0.15, -0.1) is 0 Å². The van der Waals surface area contributed by atoms with Gasteiger partial charge in [0.15, 0.2) is 0 Å². The Morgan fingerprint density at radius 2 is 2.00 bits per heavy atom. The molecule has 0 saturated carbocycles. The van der Waals surface area contributed by atoms with E-state index in [2.05, 4.69) is 9.71 Å². The quantitative estimate of drug-likeness (QED) is 0.679. The molecule has 1 saturated heterocycles. The number of aliphatic carboxylic acids is 1. The molecule has 2 heterocycles. The van der Waals surface area contributed by atoms with Crippen LogP contribution >= 0.6 is 0 Å². The number of carbonyl (C=O) groups is 2. The summed E-state index contributed by atoms with van der Waals surface area (Å²) in [6.45, 7) is 0.977. The van der Waals surface area contributed by atoms with Gasteiger partial charge in [0.25, 0.3) is 10.0 Å². The molecule has 0 aromatic heterocycles. The van der Waals surface area contributed by atoms with Gasteiger partial charge in [-0.1, -0.05) is 18.6 Å². The molecule has 2 aliphatic heterocycles. The molecule has 146 valence electrons. The third kappa shape index (κ3) is 4.29. The maximum Gasteiger partial charge on any atom is 0.326 e. The zero-order chi connectivity index (χ0) is 19.4. The van der Waals surface area contributed by atoms with Crippen molar-refractivity contribution in [2.24, 2.45) is 4.99 Å². The molecule has 0 spiro atoms. The summed E-state index contributed by atoms with van der Waals surface area (Å²) in [5, 5.41) is 9.13. The first-order valence-corrected chi connectivity index (χ1v) is 10.6. The fraction of sp³-hybridized carbons (Fsp3) is 0.500. The van der Waals surface area contributed by atoms with Crippen LogP contribution in [0.2, 0.25) is 0 Å². The molecule has 1 atom stereocenters. The maximum atomic E-state index is 12.2. The van der Waals surface area contributed by atoms with E-state index in [-0.39, 0.29) is 10.8 Å². The first-order chi connectivity index (χ1) is 12.9. The second kappa shape index (κ2) is 8.08. The number of hydrogen-bond donors (Lipinski definition) is 2. The molecule has 0 radical (unpaired) electrons. The van der Waals surface area contributed by atoms with Crippen molar-refractivity contribution in [1.82, 2.24) is 9.62 Å². The summed E-state index contributed by atoms with van der Waals surface area (Å²) in [7, 11) is -3.51. The number of nitrogens with zero attached hydrogens (tertiary/aromatic N) is 2. The molecule has 8 nitrogen and oxygen atoms in total. The van der Waals surface area contributed by atoms with Crippen molar-refractivity contribution in [3.8, 4) is 0 Å². The predicted molar refractivity (Wildman–Crippen MR) is 99.0 cm³/mol. The van der Waals surface area contributed by atoms with Crippen LogP contribution in [0.1, 0.15) is 44.1 Å². The summed E-state index contributed by atoms with van der Waals surface area (Å²) < 4.78 is 26.5. The van der Waals surface area contributed by atoms with Crippen LogP contribution in [0, 0.1) is 0 Å². The van der Waals surface area contributed by atoms with E-state index >= 15 is 0 Å². The van der Waals surface area contributed by atoms with Crippen LogP contribution in [0.15, 0.2) is 34.2 Å². The molecule has 27 heavy (non-hydrogen) atoms. The largest absolute Gasteiger partial charge is 0.480 e. The lowest BCUT2D eigenvalue weighted by atomic mass is 10.1. The molecule has 1 aromatic rings. The minimum Gasteiger partial charge on any atom is -0.480 e. The molecule has 9 heteroatoms.